The highest BCUT2D eigenvalue weighted by Crippen LogP contribution is 2.23. The van der Waals surface area contributed by atoms with Gasteiger partial charge in [0.2, 0.25) is 0 Å². The first-order chi connectivity index (χ1) is 11.9. The van der Waals surface area contributed by atoms with Crippen molar-refractivity contribution in [3.8, 4) is 0 Å². The molecule has 4 nitrogen and oxygen atoms in total. The number of nitrogens with zero attached hydrogens (tertiary/aromatic N) is 1. The van der Waals surface area contributed by atoms with Crippen LogP contribution in [0.3, 0.4) is 0 Å². The van der Waals surface area contributed by atoms with E-state index < -0.39 is 9.84 Å². The van der Waals surface area contributed by atoms with Gasteiger partial charge >= 0.3 is 0 Å². The van der Waals surface area contributed by atoms with Gasteiger partial charge in [0.05, 0.1) is 23.4 Å². The Labute approximate surface area is 152 Å². The van der Waals surface area contributed by atoms with E-state index >= 15 is 0 Å². The number of rotatable bonds is 5. The van der Waals surface area contributed by atoms with Gasteiger partial charge in [-0.25, -0.2) is 12.8 Å². The number of benzene rings is 2. The van der Waals surface area contributed by atoms with Crippen molar-refractivity contribution in [2.75, 3.05) is 32.0 Å². The van der Waals surface area contributed by atoms with E-state index in [9.17, 15) is 12.8 Å². The first kappa shape index (κ1) is 18.3. The van der Waals surface area contributed by atoms with E-state index in [0.717, 1.165) is 5.56 Å². The van der Waals surface area contributed by atoms with Crippen LogP contribution in [0.1, 0.15) is 11.7 Å². The van der Waals surface area contributed by atoms with Crippen molar-refractivity contribution in [1.29, 1.82) is 0 Å². The second-order valence-corrected chi connectivity index (χ2v) is 8.53. The molecule has 2 aromatic rings. The summed E-state index contributed by atoms with van der Waals surface area (Å²) in [6.07, 6.45) is -0.174. The van der Waals surface area contributed by atoms with Crippen molar-refractivity contribution < 1.29 is 17.5 Å². The highest BCUT2D eigenvalue weighted by atomic mass is 35.5. The van der Waals surface area contributed by atoms with Crippen LogP contribution in [0, 0.1) is 5.82 Å². The van der Waals surface area contributed by atoms with Gasteiger partial charge in [-0.1, -0.05) is 23.7 Å². The number of halogens is 2. The van der Waals surface area contributed by atoms with Crippen molar-refractivity contribution in [3.05, 3.63) is 64.9 Å². The fourth-order valence-electron chi connectivity index (χ4n) is 2.79. The van der Waals surface area contributed by atoms with E-state index in [1.807, 2.05) is 0 Å². The van der Waals surface area contributed by atoms with E-state index in [0.29, 0.717) is 31.3 Å². The normalized spacial score (nSPS) is 19.0. The summed E-state index contributed by atoms with van der Waals surface area (Å²) < 4.78 is 43.6. The summed E-state index contributed by atoms with van der Waals surface area (Å²) in [5.41, 5.74) is 0.895. The molecule has 0 amide bonds. The van der Waals surface area contributed by atoms with Crippen molar-refractivity contribution >= 4 is 21.4 Å². The smallest absolute Gasteiger partial charge is 0.179 e. The molecule has 0 radical (unpaired) electrons. The molecule has 1 aliphatic rings. The molecule has 0 aliphatic carbocycles. The minimum atomic E-state index is -3.35. The van der Waals surface area contributed by atoms with Crippen LogP contribution in [0.25, 0.3) is 0 Å². The van der Waals surface area contributed by atoms with Gasteiger partial charge in [0, 0.05) is 24.7 Å². The summed E-state index contributed by atoms with van der Waals surface area (Å²) in [6, 6.07) is 12.4. The third-order valence-electron chi connectivity index (χ3n) is 4.24. The molecule has 1 fully saturated rings. The summed E-state index contributed by atoms with van der Waals surface area (Å²) in [5, 5.41) is 0.509. The molecule has 0 saturated carbocycles. The van der Waals surface area contributed by atoms with E-state index in [1.165, 1.54) is 24.3 Å². The third-order valence-corrected chi connectivity index (χ3v) is 6.20. The van der Waals surface area contributed by atoms with E-state index in [2.05, 4.69) is 4.90 Å². The maximum absolute atomic E-state index is 13.0. The Morgan fingerprint density at radius 1 is 1.12 bits per heavy atom. The lowest BCUT2D eigenvalue weighted by Crippen LogP contribution is -2.40. The van der Waals surface area contributed by atoms with Gasteiger partial charge in [-0.2, -0.15) is 0 Å². The maximum Gasteiger partial charge on any atom is 0.179 e. The van der Waals surface area contributed by atoms with Gasteiger partial charge in [-0.3, -0.25) is 4.90 Å². The van der Waals surface area contributed by atoms with Gasteiger partial charge < -0.3 is 4.74 Å². The topological polar surface area (TPSA) is 46.6 Å². The fourth-order valence-corrected chi connectivity index (χ4v) is 4.20. The summed E-state index contributed by atoms with van der Waals surface area (Å²) in [7, 11) is -3.35. The molecule has 1 aliphatic heterocycles. The Hall–Kier alpha value is -1.47. The van der Waals surface area contributed by atoms with Crippen molar-refractivity contribution in [3.63, 3.8) is 0 Å². The van der Waals surface area contributed by atoms with E-state index in [1.54, 1.807) is 24.3 Å². The maximum atomic E-state index is 13.0. The molecule has 1 heterocycles. The van der Waals surface area contributed by atoms with Crippen molar-refractivity contribution in [2.45, 2.75) is 11.0 Å². The Morgan fingerprint density at radius 3 is 2.48 bits per heavy atom. The predicted molar refractivity (Wildman–Crippen MR) is 95.0 cm³/mol. The summed E-state index contributed by atoms with van der Waals surface area (Å²) in [6.45, 7) is 2.20. The number of morpholine rings is 1. The summed E-state index contributed by atoms with van der Waals surface area (Å²) in [5.74, 6) is -0.254. The van der Waals surface area contributed by atoms with Crippen LogP contribution in [0.2, 0.25) is 5.02 Å². The quantitative estimate of drug-likeness (QED) is 0.794. The van der Waals surface area contributed by atoms with Gasteiger partial charge in [0.15, 0.2) is 9.84 Å². The van der Waals surface area contributed by atoms with Crippen LogP contribution >= 0.6 is 11.6 Å². The molecule has 25 heavy (non-hydrogen) atoms. The highest BCUT2D eigenvalue weighted by molar-refractivity contribution is 7.91. The molecular weight excluding hydrogens is 365 g/mol. The SMILES string of the molecule is O=S(=O)(CCN1CCOC(c2ccc(F)cc2)C1)c1ccc(Cl)cc1. The van der Waals surface area contributed by atoms with Gasteiger partial charge in [0.25, 0.3) is 0 Å². The number of hydrogen-bond donors (Lipinski definition) is 0. The zero-order chi connectivity index (χ0) is 17.9. The lowest BCUT2D eigenvalue weighted by molar-refractivity contribution is -0.0279. The molecule has 0 N–H and O–H groups in total. The predicted octanol–water partition coefficient (Wildman–Crippen LogP) is 3.33. The molecule has 1 unspecified atom stereocenters. The Balaban J connectivity index is 1.61. The minimum absolute atomic E-state index is 0.0325. The fraction of sp³-hybridized carbons (Fsp3) is 0.333. The van der Waals surface area contributed by atoms with Crippen LogP contribution in [0.4, 0.5) is 4.39 Å². The van der Waals surface area contributed by atoms with E-state index in [4.69, 9.17) is 16.3 Å². The van der Waals surface area contributed by atoms with Crippen molar-refractivity contribution in [2.24, 2.45) is 0 Å². The Kier molecular flexibility index (Phi) is 5.74. The zero-order valence-electron chi connectivity index (χ0n) is 13.6. The molecule has 3 rings (SSSR count). The standard InChI is InChI=1S/C18H19ClFNO3S/c19-15-3-7-17(8-4-15)25(22,23)12-10-21-9-11-24-18(13-21)14-1-5-16(20)6-2-14/h1-8,18H,9-13H2. The van der Waals surface area contributed by atoms with Gasteiger partial charge in [-0.05, 0) is 42.0 Å². The lowest BCUT2D eigenvalue weighted by atomic mass is 10.1. The average molecular weight is 384 g/mol. The van der Waals surface area contributed by atoms with E-state index in [-0.39, 0.29) is 22.6 Å². The Bertz CT molecular complexity index is 809. The molecule has 0 aromatic heterocycles. The average Bonchev–Trinajstić information content (AvgIpc) is 2.61. The third kappa shape index (κ3) is 4.79. The number of hydrogen-bond acceptors (Lipinski definition) is 4. The second kappa shape index (κ2) is 7.83. The molecule has 0 bridgehead atoms. The second-order valence-electron chi connectivity index (χ2n) is 5.98. The molecule has 7 heteroatoms. The Morgan fingerprint density at radius 2 is 1.80 bits per heavy atom. The summed E-state index contributed by atoms with van der Waals surface area (Å²) >= 11 is 5.80. The molecule has 1 saturated heterocycles. The molecular formula is C18H19ClFNO3S. The molecule has 0 spiro atoms. The zero-order valence-corrected chi connectivity index (χ0v) is 15.1. The van der Waals surface area contributed by atoms with Crippen LogP contribution in [-0.2, 0) is 14.6 Å². The van der Waals surface area contributed by atoms with Crippen LogP contribution in [0.15, 0.2) is 53.4 Å². The van der Waals surface area contributed by atoms with Gasteiger partial charge in [0.1, 0.15) is 5.82 Å². The minimum Gasteiger partial charge on any atom is -0.371 e. The number of sulfone groups is 1. The first-order valence-electron chi connectivity index (χ1n) is 8.02. The largest absolute Gasteiger partial charge is 0.371 e. The summed E-state index contributed by atoms with van der Waals surface area (Å²) in [4.78, 5) is 2.34. The number of ether oxygens (including phenoxy) is 1. The molecule has 1 atom stereocenters. The molecule has 134 valence electrons. The monoisotopic (exact) mass is 383 g/mol. The van der Waals surface area contributed by atoms with Crippen LogP contribution < -0.4 is 0 Å². The lowest BCUT2D eigenvalue weighted by Gasteiger charge is -2.33. The van der Waals surface area contributed by atoms with Crippen molar-refractivity contribution in [1.82, 2.24) is 4.90 Å². The van der Waals surface area contributed by atoms with Crippen LogP contribution in [-0.4, -0.2) is 45.3 Å². The molecule has 2 aromatic carbocycles. The van der Waals surface area contributed by atoms with Crippen LogP contribution in [0.5, 0.6) is 0 Å². The van der Waals surface area contributed by atoms with Gasteiger partial charge in [-0.15, -0.1) is 0 Å². The highest BCUT2D eigenvalue weighted by Gasteiger charge is 2.24. The first-order valence-corrected chi connectivity index (χ1v) is 10.0.